The summed E-state index contributed by atoms with van der Waals surface area (Å²) >= 11 is 0. The second kappa shape index (κ2) is 4.45. The summed E-state index contributed by atoms with van der Waals surface area (Å²) < 4.78 is 0. The zero-order valence-electron chi connectivity index (χ0n) is 9.51. The van der Waals surface area contributed by atoms with Crippen LogP contribution in [-0.2, 0) is 0 Å². The second-order valence-corrected chi connectivity index (χ2v) is 3.99. The third-order valence-corrected chi connectivity index (χ3v) is 2.84. The van der Waals surface area contributed by atoms with Crippen LogP contribution in [0.5, 0.6) is 0 Å². The molecule has 16 heavy (non-hydrogen) atoms. The van der Waals surface area contributed by atoms with E-state index in [-0.39, 0.29) is 0 Å². The molecule has 0 amide bonds. The molecule has 0 aliphatic carbocycles. The van der Waals surface area contributed by atoms with Gasteiger partial charge in [-0.2, -0.15) is 0 Å². The highest BCUT2D eigenvalue weighted by Crippen LogP contribution is 2.26. The molecule has 2 nitrogen and oxygen atoms in total. The van der Waals surface area contributed by atoms with E-state index in [0.29, 0.717) is 0 Å². The van der Waals surface area contributed by atoms with Gasteiger partial charge in [0.25, 0.3) is 0 Å². The molecule has 1 aromatic carbocycles. The SMILES string of the molecule is Cc1ccccc1C(O)c1ccncc1C. The van der Waals surface area contributed by atoms with E-state index in [0.717, 1.165) is 22.3 Å². The first-order valence-corrected chi connectivity index (χ1v) is 5.34. The highest BCUT2D eigenvalue weighted by atomic mass is 16.3. The molecule has 1 unspecified atom stereocenters. The zero-order chi connectivity index (χ0) is 11.5. The van der Waals surface area contributed by atoms with E-state index in [4.69, 9.17) is 0 Å². The average molecular weight is 213 g/mol. The van der Waals surface area contributed by atoms with Crippen molar-refractivity contribution in [3.8, 4) is 0 Å². The Bertz CT molecular complexity index is 448. The normalized spacial score (nSPS) is 12.4. The number of aryl methyl sites for hydroxylation is 2. The van der Waals surface area contributed by atoms with Crippen LogP contribution in [0.2, 0.25) is 0 Å². The predicted octanol–water partition coefficient (Wildman–Crippen LogP) is 2.78. The van der Waals surface area contributed by atoms with E-state index in [9.17, 15) is 5.11 Å². The highest BCUT2D eigenvalue weighted by Gasteiger charge is 2.13. The monoisotopic (exact) mass is 213 g/mol. The van der Waals surface area contributed by atoms with E-state index in [1.807, 2.05) is 44.2 Å². The van der Waals surface area contributed by atoms with Crippen molar-refractivity contribution >= 4 is 0 Å². The van der Waals surface area contributed by atoms with Crippen LogP contribution in [0.15, 0.2) is 42.7 Å². The molecule has 2 aromatic rings. The molecular formula is C14H15NO. The molecule has 0 radical (unpaired) electrons. The Kier molecular flexibility index (Phi) is 3.02. The minimum absolute atomic E-state index is 0.566. The first-order valence-electron chi connectivity index (χ1n) is 5.34. The van der Waals surface area contributed by atoms with Crippen molar-refractivity contribution in [2.45, 2.75) is 20.0 Å². The molecule has 0 aliphatic heterocycles. The summed E-state index contributed by atoms with van der Waals surface area (Å²) in [6, 6.07) is 9.76. The predicted molar refractivity (Wildman–Crippen MR) is 64.2 cm³/mol. The summed E-state index contributed by atoms with van der Waals surface area (Å²) in [5.41, 5.74) is 3.99. The van der Waals surface area contributed by atoms with E-state index in [2.05, 4.69) is 4.98 Å². The molecule has 0 fully saturated rings. The van der Waals surface area contributed by atoms with Gasteiger partial charge in [0.05, 0.1) is 0 Å². The summed E-state index contributed by atoms with van der Waals surface area (Å²) in [6.07, 6.45) is 2.92. The minimum Gasteiger partial charge on any atom is -0.384 e. The van der Waals surface area contributed by atoms with Gasteiger partial charge in [0.15, 0.2) is 0 Å². The number of benzene rings is 1. The van der Waals surface area contributed by atoms with Gasteiger partial charge in [0.2, 0.25) is 0 Å². The van der Waals surface area contributed by atoms with Crippen molar-refractivity contribution in [1.82, 2.24) is 4.98 Å². The molecule has 0 spiro atoms. The summed E-state index contributed by atoms with van der Waals surface area (Å²) in [5.74, 6) is 0. The van der Waals surface area contributed by atoms with Crippen LogP contribution in [0, 0.1) is 13.8 Å². The van der Waals surface area contributed by atoms with Crippen LogP contribution in [-0.4, -0.2) is 10.1 Å². The van der Waals surface area contributed by atoms with Crippen LogP contribution >= 0.6 is 0 Å². The molecule has 1 heterocycles. The first kappa shape index (κ1) is 10.8. The van der Waals surface area contributed by atoms with Crippen LogP contribution in [0.25, 0.3) is 0 Å². The largest absolute Gasteiger partial charge is 0.384 e. The van der Waals surface area contributed by atoms with Gasteiger partial charge < -0.3 is 5.11 Å². The van der Waals surface area contributed by atoms with Crippen molar-refractivity contribution in [2.24, 2.45) is 0 Å². The minimum atomic E-state index is -0.566. The third-order valence-electron chi connectivity index (χ3n) is 2.84. The molecule has 1 N–H and O–H groups in total. The van der Waals surface area contributed by atoms with Crippen molar-refractivity contribution < 1.29 is 5.11 Å². The number of aromatic nitrogens is 1. The topological polar surface area (TPSA) is 33.1 Å². The summed E-state index contributed by atoms with van der Waals surface area (Å²) in [4.78, 5) is 4.03. The van der Waals surface area contributed by atoms with Gasteiger partial charge in [0.1, 0.15) is 6.10 Å². The van der Waals surface area contributed by atoms with E-state index < -0.39 is 6.10 Å². The lowest BCUT2D eigenvalue weighted by Crippen LogP contribution is -2.04. The van der Waals surface area contributed by atoms with Crippen molar-refractivity contribution in [1.29, 1.82) is 0 Å². The smallest absolute Gasteiger partial charge is 0.105 e. The lowest BCUT2D eigenvalue weighted by atomic mass is 9.96. The maximum Gasteiger partial charge on any atom is 0.105 e. The average Bonchev–Trinajstić information content (AvgIpc) is 2.29. The Morgan fingerprint density at radius 2 is 1.69 bits per heavy atom. The highest BCUT2D eigenvalue weighted by molar-refractivity contribution is 5.37. The lowest BCUT2D eigenvalue weighted by molar-refractivity contribution is 0.218. The quantitative estimate of drug-likeness (QED) is 0.832. The number of rotatable bonds is 2. The van der Waals surface area contributed by atoms with Crippen molar-refractivity contribution in [2.75, 3.05) is 0 Å². The van der Waals surface area contributed by atoms with Gasteiger partial charge in [-0.15, -0.1) is 0 Å². The molecule has 0 bridgehead atoms. The standard InChI is InChI=1S/C14H15NO/c1-10-5-3-4-6-12(10)14(16)13-7-8-15-9-11(13)2/h3-9,14,16H,1-2H3. The van der Waals surface area contributed by atoms with Gasteiger partial charge in [-0.1, -0.05) is 24.3 Å². The Balaban J connectivity index is 2.44. The van der Waals surface area contributed by atoms with Crippen molar-refractivity contribution in [3.63, 3.8) is 0 Å². The fraction of sp³-hybridized carbons (Fsp3) is 0.214. The maximum atomic E-state index is 10.3. The molecule has 2 rings (SSSR count). The molecule has 82 valence electrons. The Morgan fingerprint density at radius 1 is 1.00 bits per heavy atom. The maximum absolute atomic E-state index is 10.3. The zero-order valence-corrected chi connectivity index (χ0v) is 9.51. The molecular weight excluding hydrogens is 198 g/mol. The fourth-order valence-corrected chi connectivity index (χ4v) is 1.85. The Hall–Kier alpha value is -1.67. The van der Waals surface area contributed by atoms with Crippen molar-refractivity contribution in [3.05, 3.63) is 65.0 Å². The molecule has 2 heteroatoms. The van der Waals surface area contributed by atoms with Gasteiger partial charge in [-0.25, -0.2) is 0 Å². The summed E-state index contributed by atoms with van der Waals surface area (Å²) in [7, 11) is 0. The van der Waals surface area contributed by atoms with E-state index >= 15 is 0 Å². The van der Waals surface area contributed by atoms with Gasteiger partial charge in [-0.05, 0) is 42.2 Å². The molecule has 0 saturated carbocycles. The van der Waals surface area contributed by atoms with Crippen LogP contribution in [0.1, 0.15) is 28.4 Å². The first-order chi connectivity index (χ1) is 7.70. The summed E-state index contributed by atoms with van der Waals surface area (Å²) in [6.45, 7) is 3.97. The van der Waals surface area contributed by atoms with Gasteiger partial charge in [0, 0.05) is 12.4 Å². The third kappa shape index (κ3) is 1.97. The van der Waals surface area contributed by atoms with Gasteiger partial charge >= 0.3 is 0 Å². The number of hydrogen-bond donors (Lipinski definition) is 1. The van der Waals surface area contributed by atoms with E-state index in [1.165, 1.54) is 0 Å². The Labute approximate surface area is 95.6 Å². The van der Waals surface area contributed by atoms with E-state index in [1.54, 1.807) is 12.4 Å². The molecule has 0 aliphatic rings. The lowest BCUT2D eigenvalue weighted by Gasteiger charge is -2.15. The number of aliphatic hydroxyl groups is 1. The summed E-state index contributed by atoms with van der Waals surface area (Å²) in [5, 5.41) is 10.3. The Morgan fingerprint density at radius 3 is 2.38 bits per heavy atom. The number of hydrogen-bond acceptors (Lipinski definition) is 2. The second-order valence-electron chi connectivity index (χ2n) is 3.99. The number of aliphatic hydroxyl groups excluding tert-OH is 1. The molecule has 1 atom stereocenters. The number of nitrogens with zero attached hydrogens (tertiary/aromatic N) is 1. The molecule has 1 aromatic heterocycles. The van der Waals surface area contributed by atoms with Gasteiger partial charge in [-0.3, -0.25) is 4.98 Å². The molecule has 0 saturated heterocycles. The van der Waals surface area contributed by atoms with Crippen LogP contribution in [0.3, 0.4) is 0 Å². The van der Waals surface area contributed by atoms with Crippen LogP contribution < -0.4 is 0 Å². The van der Waals surface area contributed by atoms with Crippen LogP contribution in [0.4, 0.5) is 0 Å². The fourth-order valence-electron chi connectivity index (χ4n) is 1.85. The number of pyridine rings is 1.